The van der Waals surface area contributed by atoms with Crippen LogP contribution in [0.15, 0.2) is 11.7 Å². The van der Waals surface area contributed by atoms with Crippen LogP contribution >= 0.6 is 0 Å². The van der Waals surface area contributed by atoms with Crippen LogP contribution in [0.25, 0.3) is 0 Å². The molecule has 0 aliphatic rings. The van der Waals surface area contributed by atoms with Crippen LogP contribution in [0, 0.1) is 0 Å². The molecule has 11 heteroatoms. The first kappa shape index (κ1) is 15.5. The summed E-state index contributed by atoms with van der Waals surface area (Å²) in [6, 6.07) is 0. The predicted octanol–water partition coefficient (Wildman–Crippen LogP) is -2.32. The van der Waals surface area contributed by atoms with E-state index in [0.29, 0.717) is 0 Å². The summed E-state index contributed by atoms with van der Waals surface area (Å²) in [6.07, 6.45) is 0. The van der Waals surface area contributed by atoms with Gasteiger partial charge in [-0.25, -0.2) is 0 Å². The van der Waals surface area contributed by atoms with Gasteiger partial charge in [-0.2, -0.15) is 22.5 Å². The van der Waals surface area contributed by atoms with E-state index in [1.54, 1.807) is 0 Å². The van der Waals surface area contributed by atoms with E-state index in [9.17, 15) is 21.9 Å². The number of rotatable bonds is 5. The Morgan fingerprint density at radius 1 is 1.38 bits per heavy atom. The van der Waals surface area contributed by atoms with Crippen molar-refractivity contribution in [1.82, 2.24) is 0 Å². The molecule has 0 unspecified atom stereocenters. The van der Waals surface area contributed by atoms with Crippen LogP contribution in [-0.2, 0) is 23.9 Å². The molecular formula is C2H3BF3LiO5S. The summed E-state index contributed by atoms with van der Waals surface area (Å²) >= 11 is 0. The van der Waals surface area contributed by atoms with Crippen molar-refractivity contribution in [3.8, 4) is 0 Å². The van der Waals surface area contributed by atoms with Gasteiger partial charge in [-0.1, -0.05) is 9.05 Å². The Bertz CT molecular complexity index is 258. The number of halogens is 3. The average molecular weight is 214 g/mol. The van der Waals surface area contributed by atoms with Crippen LogP contribution in [-0.4, -0.2) is 15.7 Å². The summed E-state index contributed by atoms with van der Waals surface area (Å²) in [5, 5.41) is -1.93. The van der Waals surface area contributed by atoms with Gasteiger partial charge in [-0.15, -0.1) is 0 Å². The zero-order chi connectivity index (χ0) is 9.78. The Morgan fingerprint density at radius 2 is 1.77 bits per heavy atom. The standard InChI is InChI=1S/C2H2BF3O5S.Li.H/c1-2(4)12(7,8)11-3(9-5)10-6;;/h1H2;;/q;+1;-1. The smallest absolute Gasteiger partial charge is 1.00 e. The van der Waals surface area contributed by atoms with Gasteiger partial charge in [0.15, 0.2) is 0 Å². The topological polar surface area (TPSA) is 61.8 Å². The fourth-order valence-electron chi connectivity index (χ4n) is 0.199. The minimum absolute atomic E-state index is 0. The molecule has 0 fully saturated rings. The van der Waals surface area contributed by atoms with Gasteiger partial charge in [0.2, 0.25) is 5.16 Å². The predicted molar refractivity (Wildman–Crippen MR) is 31.5 cm³/mol. The fraction of sp³-hybridized carbons (Fsp3) is 0. The molecule has 0 aliphatic carbocycles. The second-order valence-electron chi connectivity index (χ2n) is 1.37. The van der Waals surface area contributed by atoms with E-state index in [1.165, 1.54) is 0 Å². The van der Waals surface area contributed by atoms with Crippen molar-refractivity contribution in [3.63, 3.8) is 0 Å². The largest absolute Gasteiger partial charge is 1.00 e. The van der Waals surface area contributed by atoms with Gasteiger partial charge in [0, 0.05) is 0 Å². The zero-order valence-corrected chi connectivity index (χ0v) is 7.18. The molecule has 0 aliphatic heterocycles. The van der Waals surface area contributed by atoms with Crippen molar-refractivity contribution < 1.29 is 56.0 Å². The van der Waals surface area contributed by atoms with Crippen LogP contribution in [0.3, 0.4) is 0 Å². The Kier molecular flexibility index (Phi) is 7.71. The molecule has 0 amide bonds. The SMILES string of the molecule is C=C(F)S(=O)(=O)OB(OF)OF.[H-].[Li+]. The summed E-state index contributed by atoms with van der Waals surface area (Å²) in [7, 11) is -7.70. The maximum absolute atomic E-state index is 11.8. The van der Waals surface area contributed by atoms with Crippen LogP contribution in [0.5, 0.6) is 0 Å². The first-order valence-corrected chi connectivity index (χ1v) is 3.67. The number of hydrogen-bond donors (Lipinski definition) is 0. The van der Waals surface area contributed by atoms with Gasteiger partial charge in [-0.3, -0.25) is 4.10 Å². The third-order valence-electron chi connectivity index (χ3n) is 0.622. The van der Waals surface area contributed by atoms with Crippen molar-refractivity contribution >= 4 is 17.4 Å². The van der Waals surface area contributed by atoms with Crippen molar-refractivity contribution in [2.75, 3.05) is 0 Å². The third kappa shape index (κ3) is 5.35. The van der Waals surface area contributed by atoms with Gasteiger partial charge >= 0.3 is 36.3 Å². The molecular weight excluding hydrogens is 211 g/mol. The van der Waals surface area contributed by atoms with Crippen molar-refractivity contribution in [2.45, 2.75) is 0 Å². The van der Waals surface area contributed by atoms with Gasteiger partial charge in [0.05, 0.1) is 0 Å². The quantitative estimate of drug-likeness (QED) is 0.480. The van der Waals surface area contributed by atoms with Crippen LogP contribution < -0.4 is 18.9 Å². The molecule has 0 radical (unpaired) electrons. The van der Waals surface area contributed by atoms with E-state index in [0.717, 1.165) is 0 Å². The Labute approximate surface area is 85.6 Å². The van der Waals surface area contributed by atoms with E-state index in [-0.39, 0.29) is 20.3 Å². The number of hydrogen-bond acceptors (Lipinski definition) is 5. The van der Waals surface area contributed by atoms with Crippen molar-refractivity contribution in [3.05, 3.63) is 11.7 Å². The normalized spacial score (nSPS) is 10.4. The molecule has 0 heterocycles. The van der Waals surface area contributed by atoms with E-state index >= 15 is 0 Å². The maximum Gasteiger partial charge on any atom is 1.00 e. The first-order valence-electron chi connectivity index (χ1n) is 2.26. The molecule has 0 saturated carbocycles. The minimum Gasteiger partial charge on any atom is -1.00 e. The first-order chi connectivity index (χ1) is 5.44. The minimum atomic E-state index is -4.91. The van der Waals surface area contributed by atoms with E-state index in [4.69, 9.17) is 0 Å². The van der Waals surface area contributed by atoms with Gasteiger partial charge < -0.3 is 1.43 Å². The van der Waals surface area contributed by atoms with Crippen LogP contribution in [0.4, 0.5) is 13.4 Å². The molecule has 0 aromatic rings. The second kappa shape index (κ2) is 6.47. The molecule has 0 aromatic carbocycles. The summed E-state index contributed by atoms with van der Waals surface area (Å²) in [4.78, 5) is 4.96. The Balaban J connectivity index is -0.000000605. The van der Waals surface area contributed by atoms with Gasteiger partial charge in [-0.05, 0) is 6.58 Å². The Hall–Kier alpha value is 0.0223. The van der Waals surface area contributed by atoms with E-state index in [2.05, 4.69) is 20.4 Å². The molecule has 0 N–H and O–H groups in total. The van der Waals surface area contributed by atoms with Crippen LogP contribution in [0.2, 0.25) is 0 Å². The molecule has 0 atom stereocenters. The van der Waals surface area contributed by atoms with Gasteiger partial charge in [0.1, 0.15) is 0 Å². The van der Waals surface area contributed by atoms with Crippen molar-refractivity contribution in [2.24, 2.45) is 0 Å². The molecule has 13 heavy (non-hydrogen) atoms. The second-order valence-corrected chi connectivity index (χ2v) is 2.92. The monoisotopic (exact) mass is 214 g/mol. The fourth-order valence-corrected chi connectivity index (χ4v) is 0.570. The summed E-state index contributed by atoms with van der Waals surface area (Å²) < 4.78 is 57.8. The summed E-state index contributed by atoms with van der Waals surface area (Å²) in [5.74, 6) is 0. The van der Waals surface area contributed by atoms with Crippen molar-refractivity contribution in [1.29, 1.82) is 0 Å². The molecule has 5 nitrogen and oxygen atoms in total. The maximum atomic E-state index is 11.8. The van der Waals surface area contributed by atoms with Gasteiger partial charge in [0.25, 0.3) is 0 Å². The zero-order valence-electron chi connectivity index (χ0n) is 7.37. The Morgan fingerprint density at radius 3 is 2.00 bits per heavy atom. The molecule has 0 aromatic heterocycles. The van der Waals surface area contributed by atoms with Crippen LogP contribution in [0.1, 0.15) is 1.43 Å². The summed E-state index contributed by atoms with van der Waals surface area (Å²) in [6.45, 7) is 2.31. The molecule has 0 bridgehead atoms. The molecule has 0 rings (SSSR count). The molecule has 0 saturated heterocycles. The van der Waals surface area contributed by atoms with E-state index < -0.39 is 22.6 Å². The summed E-state index contributed by atoms with van der Waals surface area (Å²) in [5.41, 5.74) is 0. The third-order valence-corrected chi connectivity index (χ3v) is 1.58. The van der Waals surface area contributed by atoms with E-state index in [1.807, 2.05) is 0 Å². The molecule has 72 valence electrons. The average Bonchev–Trinajstić information content (AvgIpc) is 2.00. The molecule has 0 spiro atoms.